The number of halogens is 1. The summed E-state index contributed by atoms with van der Waals surface area (Å²) in [6, 6.07) is 16.1. The number of aromatic nitrogens is 3. The average Bonchev–Trinajstić information content (AvgIpc) is 2.83. The lowest BCUT2D eigenvalue weighted by molar-refractivity contribution is 0.266. The van der Waals surface area contributed by atoms with E-state index in [1.807, 2.05) is 66.9 Å². The van der Waals surface area contributed by atoms with Gasteiger partial charge in [0.25, 0.3) is 0 Å². The molecule has 7 heteroatoms. The van der Waals surface area contributed by atoms with Crippen molar-refractivity contribution in [3.63, 3.8) is 0 Å². The van der Waals surface area contributed by atoms with E-state index in [2.05, 4.69) is 36.4 Å². The van der Waals surface area contributed by atoms with E-state index >= 15 is 0 Å². The first-order valence-electron chi connectivity index (χ1n) is 7.98. The molecular formula is C19H15BrN4OS. The predicted molar refractivity (Wildman–Crippen MR) is 108 cm³/mol. The van der Waals surface area contributed by atoms with E-state index < -0.39 is 0 Å². The standard InChI is InChI=1S/C19H15BrN4OS/c1-26-19-22-18-17(23-24-19)14-11-13(20)8-9-15(14)21-16(25-18)10-7-12-5-3-2-4-6-12/h2-11,16,21H,1H3. The van der Waals surface area contributed by atoms with Crippen LogP contribution in [0, 0.1) is 0 Å². The minimum absolute atomic E-state index is 0.372. The Morgan fingerprint density at radius 2 is 2.00 bits per heavy atom. The quantitative estimate of drug-likeness (QED) is 0.602. The topological polar surface area (TPSA) is 59.9 Å². The van der Waals surface area contributed by atoms with Gasteiger partial charge >= 0.3 is 0 Å². The number of hydrogen-bond acceptors (Lipinski definition) is 6. The molecule has 3 aromatic rings. The average molecular weight is 427 g/mol. The van der Waals surface area contributed by atoms with Gasteiger partial charge in [0.05, 0.1) is 0 Å². The molecule has 1 aliphatic rings. The fourth-order valence-corrected chi connectivity index (χ4v) is 3.28. The number of thioether (sulfide) groups is 1. The van der Waals surface area contributed by atoms with Gasteiger partial charge in [0.15, 0.2) is 11.9 Å². The molecular weight excluding hydrogens is 412 g/mol. The molecule has 1 N–H and O–H groups in total. The van der Waals surface area contributed by atoms with E-state index in [0.717, 1.165) is 21.3 Å². The first kappa shape index (κ1) is 17.1. The highest BCUT2D eigenvalue weighted by molar-refractivity contribution is 9.10. The van der Waals surface area contributed by atoms with Crippen molar-refractivity contribution in [3.8, 4) is 17.1 Å². The fraction of sp³-hybridized carbons (Fsp3) is 0.105. The van der Waals surface area contributed by atoms with Crippen LogP contribution in [0.5, 0.6) is 5.88 Å². The SMILES string of the molecule is CSc1nnc2c(n1)OC(C=Cc1ccccc1)Nc1ccc(Br)cc1-2. The highest BCUT2D eigenvalue weighted by Crippen LogP contribution is 2.38. The predicted octanol–water partition coefficient (Wildman–Crippen LogP) is 4.87. The molecule has 0 spiro atoms. The molecule has 26 heavy (non-hydrogen) atoms. The number of nitrogens with zero attached hydrogens (tertiary/aromatic N) is 3. The fourth-order valence-electron chi connectivity index (χ4n) is 2.63. The number of nitrogens with one attached hydrogen (secondary N) is 1. The van der Waals surface area contributed by atoms with Gasteiger partial charge in [0.2, 0.25) is 11.0 Å². The molecule has 1 unspecified atom stereocenters. The highest BCUT2D eigenvalue weighted by atomic mass is 79.9. The summed E-state index contributed by atoms with van der Waals surface area (Å²) < 4.78 is 7.06. The summed E-state index contributed by atoms with van der Waals surface area (Å²) in [6.45, 7) is 0. The molecule has 1 aliphatic heterocycles. The van der Waals surface area contributed by atoms with Crippen LogP contribution in [0.4, 0.5) is 5.69 Å². The van der Waals surface area contributed by atoms with Gasteiger partial charge < -0.3 is 10.1 Å². The van der Waals surface area contributed by atoms with Crippen molar-refractivity contribution in [3.05, 3.63) is 64.6 Å². The second kappa shape index (κ2) is 7.47. The van der Waals surface area contributed by atoms with E-state index in [4.69, 9.17) is 4.74 Å². The van der Waals surface area contributed by atoms with Gasteiger partial charge in [-0.15, -0.1) is 10.2 Å². The van der Waals surface area contributed by atoms with E-state index in [9.17, 15) is 0 Å². The largest absolute Gasteiger partial charge is 0.448 e. The molecule has 0 radical (unpaired) electrons. The molecule has 130 valence electrons. The van der Waals surface area contributed by atoms with Crippen LogP contribution in [-0.4, -0.2) is 27.7 Å². The Labute approximate surface area is 164 Å². The van der Waals surface area contributed by atoms with Gasteiger partial charge in [-0.3, -0.25) is 0 Å². The summed E-state index contributed by atoms with van der Waals surface area (Å²) in [7, 11) is 0. The molecule has 1 atom stereocenters. The molecule has 2 aromatic carbocycles. The second-order valence-electron chi connectivity index (χ2n) is 5.59. The third-order valence-electron chi connectivity index (χ3n) is 3.85. The number of fused-ring (bicyclic) bond motifs is 3. The van der Waals surface area contributed by atoms with Crippen LogP contribution in [0.2, 0.25) is 0 Å². The number of ether oxygens (including phenoxy) is 1. The van der Waals surface area contributed by atoms with Gasteiger partial charge in [0.1, 0.15) is 0 Å². The lowest BCUT2D eigenvalue weighted by atomic mass is 10.1. The van der Waals surface area contributed by atoms with Crippen LogP contribution in [0.15, 0.2) is 64.2 Å². The summed E-state index contributed by atoms with van der Waals surface area (Å²) in [5.41, 5.74) is 3.55. The maximum absolute atomic E-state index is 6.10. The van der Waals surface area contributed by atoms with E-state index in [0.29, 0.717) is 16.7 Å². The summed E-state index contributed by atoms with van der Waals surface area (Å²) >= 11 is 4.95. The lowest BCUT2D eigenvalue weighted by Gasteiger charge is -2.15. The summed E-state index contributed by atoms with van der Waals surface area (Å²) in [5.74, 6) is 0.469. The molecule has 0 saturated heterocycles. The normalized spacial score (nSPS) is 15.5. The van der Waals surface area contributed by atoms with Gasteiger partial charge in [-0.25, -0.2) is 0 Å². The Balaban J connectivity index is 1.75. The molecule has 4 rings (SSSR count). The number of hydrogen-bond donors (Lipinski definition) is 1. The van der Waals surface area contributed by atoms with Gasteiger partial charge in [0, 0.05) is 15.7 Å². The number of benzene rings is 2. The molecule has 0 fully saturated rings. The van der Waals surface area contributed by atoms with E-state index in [1.165, 1.54) is 11.8 Å². The maximum atomic E-state index is 6.10. The molecule has 2 heterocycles. The first-order chi connectivity index (χ1) is 12.7. The second-order valence-corrected chi connectivity index (χ2v) is 7.28. The smallest absolute Gasteiger partial charge is 0.247 e. The Morgan fingerprint density at radius 1 is 1.15 bits per heavy atom. The lowest BCUT2D eigenvalue weighted by Crippen LogP contribution is -2.23. The van der Waals surface area contributed by atoms with Crippen molar-refractivity contribution < 1.29 is 4.74 Å². The van der Waals surface area contributed by atoms with Crippen molar-refractivity contribution in [2.75, 3.05) is 11.6 Å². The van der Waals surface area contributed by atoms with Crippen LogP contribution in [0.25, 0.3) is 17.3 Å². The molecule has 5 nitrogen and oxygen atoms in total. The van der Waals surface area contributed by atoms with Crippen LogP contribution < -0.4 is 10.1 Å². The Kier molecular flexibility index (Phi) is 4.90. The molecule has 0 saturated carbocycles. The minimum atomic E-state index is -0.372. The van der Waals surface area contributed by atoms with Crippen molar-refractivity contribution in [1.29, 1.82) is 0 Å². The molecule has 1 aromatic heterocycles. The van der Waals surface area contributed by atoms with Crippen molar-refractivity contribution in [2.24, 2.45) is 0 Å². The van der Waals surface area contributed by atoms with Crippen LogP contribution in [-0.2, 0) is 0 Å². The third-order valence-corrected chi connectivity index (χ3v) is 4.89. The Bertz CT molecular complexity index is 965. The zero-order chi connectivity index (χ0) is 17.9. The zero-order valence-corrected chi connectivity index (χ0v) is 16.3. The van der Waals surface area contributed by atoms with Crippen molar-refractivity contribution in [1.82, 2.24) is 15.2 Å². The molecule has 0 bridgehead atoms. The zero-order valence-electron chi connectivity index (χ0n) is 13.9. The van der Waals surface area contributed by atoms with Crippen LogP contribution in [0.3, 0.4) is 0 Å². The van der Waals surface area contributed by atoms with Crippen molar-refractivity contribution in [2.45, 2.75) is 11.4 Å². The molecule has 0 aliphatic carbocycles. The van der Waals surface area contributed by atoms with Crippen molar-refractivity contribution >= 4 is 39.5 Å². The van der Waals surface area contributed by atoms with Gasteiger partial charge in [-0.2, -0.15) is 4.98 Å². The maximum Gasteiger partial charge on any atom is 0.247 e. The van der Waals surface area contributed by atoms with Gasteiger partial charge in [-0.05, 0) is 36.1 Å². The van der Waals surface area contributed by atoms with Crippen LogP contribution >= 0.6 is 27.7 Å². The monoisotopic (exact) mass is 426 g/mol. The summed E-state index contributed by atoms with van der Waals surface area (Å²) in [4.78, 5) is 4.50. The Hall–Kier alpha value is -2.38. The minimum Gasteiger partial charge on any atom is -0.448 e. The van der Waals surface area contributed by atoms with E-state index in [1.54, 1.807) is 0 Å². The molecule has 0 amide bonds. The Morgan fingerprint density at radius 3 is 2.81 bits per heavy atom. The summed E-state index contributed by atoms with van der Waals surface area (Å²) in [6.07, 6.45) is 5.53. The van der Waals surface area contributed by atoms with Gasteiger partial charge in [-0.1, -0.05) is 64.1 Å². The number of anilines is 1. The van der Waals surface area contributed by atoms with E-state index in [-0.39, 0.29) is 6.23 Å². The number of rotatable bonds is 3. The van der Waals surface area contributed by atoms with Crippen LogP contribution in [0.1, 0.15) is 5.56 Å². The highest BCUT2D eigenvalue weighted by Gasteiger charge is 2.24. The first-order valence-corrected chi connectivity index (χ1v) is 10.00. The summed E-state index contributed by atoms with van der Waals surface area (Å²) in [5, 5.41) is 12.5. The third kappa shape index (κ3) is 3.59.